The Balaban J connectivity index is 2.43. The highest BCUT2D eigenvalue weighted by Crippen LogP contribution is 2.23. The zero-order chi connectivity index (χ0) is 13.8. The lowest BCUT2D eigenvalue weighted by Gasteiger charge is -2.28. The van der Waals surface area contributed by atoms with E-state index in [2.05, 4.69) is 28.7 Å². The zero-order valence-corrected chi connectivity index (χ0v) is 11.6. The minimum atomic E-state index is 0.285. The van der Waals surface area contributed by atoms with Crippen molar-refractivity contribution in [3.8, 4) is 0 Å². The van der Waals surface area contributed by atoms with Crippen LogP contribution in [0, 0.1) is 0 Å². The first kappa shape index (κ1) is 13.5. The highest BCUT2D eigenvalue weighted by molar-refractivity contribution is 5.79. The van der Waals surface area contributed by atoms with Gasteiger partial charge in [-0.2, -0.15) is 0 Å². The Labute approximate surface area is 113 Å². The van der Waals surface area contributed by atoms with Crippen LogP contribution in [0.25, 0.3) is 11.0 Å². The molecule has 2 N–H and O–H groups in total. The molecular formula is C14H20N4O. The molecule has 0 amide bonds. The maximum atomic E-state index is 6.04. The van der Waals surface area contributed by atoms with E-state index in [9.17, 15) is 0 Å². The van der Waals surface area contributed by atoms with Crippen molar-refractivity contribution < 1.29 is 4.74 Å². The third kappa shape index (κ3) is 2.93. The van der Waals surface area contributed by atoms with E-state index in [4.69, 9.17) is 10.5 Å². The standard InChI is InChI=1S/C14H20N4O/c1-10(2)18(8-9-19-3)14-13(15)16-11-6-4-5-7-12(11)17-14/h4-7,10H,8-9H2,1-3H3,(H2,15,16). The van der Waals surface area contributed by atoms with Gasteiger partial charge in [-0.3, -0.25) is 0 Å². The number of aromatic nitrogens is 2. The number of benzene rings is 1. The monoisotopic (exact) mass is 260 g/mol. The predicted octanol–water partition coefficient (Wildman–Crippen LogP) is 2.07. The number of hydrogen-bond acceptors (Lipinski definition) is 5. The summed E-state index contributed by atoms with van der Waals surface area (Å²) in [4.78, 5) is 11.2. The number of ether oxygens (including phenoxy) is 1. The third-order valence-electron chi connectivity index (χ3n) is 3.01. The second kappa shape index (κ2) is 5.84. The molecule has 1 aromatic heterocycles. The molecule has 1 aromatic carbocycles. The Kier molecular flexibility index (Phi) is 4.16. The summed E-state index contributed by atoms with van der Waals surface area (Å²) in [5, 5.41) is 0. The summed E-state index contributed by atoms with van der Waals surface area (Å²) in [6.45, 7) is 5.58. The van der Waals surface area contributed by atoms with Gasteiger partial charge in [0.15, 0.2) is 11.6 Å². The topological polar surface area (TPSA) is 64.3 Å². The predicted molar refractivity (Wildman–Crippen MR) is 78.3 cm³/mol. The average molecular weight is 260 g/mol. The van der Waals surface area contributed by atoms with Crippen LogP contribution in [0.1, 0.15) is 13.8 Å². The zero-order valence-electron chi connectivity index (χ0n) is 11.6. The van der Waals surface area contributed by atoms with Gasteiger partial charge in [-0.25, -0.2) is 9.97 Å². The number of para-hydroxylation sites is 2. The molecule has 0 saturated heterocycles. The largest absolute Gasteiger partial charge is 0.383 e. The Hall–Kier alpha value is -1.88. The number of nitrogens with two attached hydrogens (primary N) is 1. The fourth-order valence-electron chi connectivity index (χ4n) is 2.01. The van der Waals surface area contributed by atoms with Crippen molar-refractivity contribution in [2.24, 2.45) is 0 Å². The molecule has 0 atom stereocenters. The highest BCUT2D eigenvalue weighted by Gasteiger charge is 2.16. The molecule has 1 heterocycles. The van der Waals surface area contributed by atoms with Crippen LogP contribution in [-0.4, -0.2) is 36.3 Å². The van der Waals surface area contributed by atoms with Gasteiger partial charge in [0.2, 0.25) is 0 Å². The molecule has 0 aliphatic rings. The summed E-state index contributed by atoms with van der Waals surface area (Å²) in [7, 11) is 1.69. The van der Waals surface area contributed by atoms with Crippen molar-refractivity contribution in [1.82, 2.24) is 9.97 Å². The van der Waals surface area contributed by atoms with Gasteiger partial charge in [0.1, 0.15) is 0 Å². The van der Waals surface area contributed by atoms with E-state index >= 15 is 0 Å². The summed E-state index contributed by atoms with van der Waals surface area (Å²) in [6.07, 6.45) is 0. The van der Waals surface area contributed by atoms with Crippen LogP contribution < -0.4 is 10.6 Å². The molecule has 102 valence electrons. The first-order valence-corrected chi connectivity index (χ1v) is 6.41. The molecule has 5 nitrogen and oxygen atoms in total. The molecule has 0 spiro atoms. The van der Waals surface area contributed by atoms with E-state index in [-0.39, 0.29) is 6.04 Å². The van der Waals surface area contributed by atoms with E-state index in [1.54, 1.807) is 7.11 Å². The Morgan fingerprint density at radius 3 is 2.42 bits per heavy atom. The molecule has 0 saturated carbocycles. The van der Waals surface area contributed by atoms with E-state index in [0.717, 1.165) is 23.4 Å². The normalized spacial score (nSPS) is 11.2. The van der Waals surface area contributed by atoms with Crippen molar-refractivity contribution in [3.63, 3.8) is 0 Å². The number of methoxy groups -OCH3 is 1. The Morgan fingerprint density at radius 2 is 1.84 bits per heavy atom. The molecule has 0 aliphatic carbocycles. The van der Waals surface area contributed by atoms with Gasteiger partial charge in [-0.1, -0.05) is 12.1 Å². The quantitative estimate of drug-likeness (QED) is 0.891. The molecule has 5 heteroatoms. The lowest BCUT2D eigenvalue weighted by Crippen LogP contribution is -2.35. The van der Waals surface area contributed by atoms with Gasteiger partial charge in [-0.15, -0.1) is 0 Å². The molecule has 0 aliphatic heterocycles. The van der Waals surface area contributed by atoms with Crippen LogP contribution in [0.3, 0.4) is 0 Å². The fraction of sp³-hybridized carbons (Fsp3) is 0.429. The summed E-state index contributed by atoms with van der Waals surface area (Å²) >= 11 is 0. The molecule has 0 unspecified atom stereocenters. The second-order valence-electron chi connectivity index (χ2n) is 4.70. The van der Waals surface area contributed by atoms with Crippen molar-refractivity contribution in [2.75, 3.05) is 30.9 Å². The average Bonchev–Trinajstić information content (AvgIpc) is 2.39. The van der Waals surface area contributed by atoms with Gasteiger partial charge >= 0.3 is 0 Å². The number of fused-ring (bicyclic) bond motifs is 1. The van der Waals surface area contributed by atoms with E-state index in [0.29, 0.717) is 12.4 Å². The van der Waals surface area contributed by atoms with Crippen LogP contribution in [-0.2, 0) is 4.74 Å². The van der Waals surface area contributed by atoms with Gasteiger partial charge in [0.05, 0.1) is 17.6 Å². The van der Waals surface area contributed by atoms with Crippen molar-refractivity contribution in [2.45, 2.75) is 19.9 Å². The number of anilines is 2. The minimum absolute atomic E-state index is 0.285. The minimum Gasteiger partial charge on any atom is -0.383 e. The lowest BCUT2D eigenvalue weighted by molar-refractivity contribution is 0.203. The molecular weight excluding hydrogens is 240 g/mol. The van der Waals surface area contributed by atoms with Crippen LogP contribution in [0.4, 0.5) is 11.6 Å². The SMILES string of the molecule is COCCN(c1nc2ccccc2nc1N)C(C)C. The first-order valence-electron chi connectivity index (χ1n) is 6.41. The van der Waals surface area contributed by atoms with Crippen LogP contribution in [0.5, 0.6) is 0 Å². The molecule has 0 fully saturated rings. The molecule has 2 rings (SSSR count). The highest BCUT2D eigenvalue weighted by atomic mass is 16.5. The fourth-order valence-corrected chi connectivity index (χ4v) is 2.01. The first-order chi connectivity index (χ1) is 9.13. The number of nitrogens with zero attached hydrogens (tertiary/aromatic N) is 3. The lowest BCUT2D eigenvalue weighted by atomic mass is 10.2. The van der Waals surface area contributed by atoms with Crippen LogP contribution in [0.2, 0.25) is 0 Å². The molecule has 0 radical (unpaired) electrons. The number of nitrogen functional groups attached to an aromatic ring is 1. The Morgan fingerprint density at radius 1 is 1.21 bits per heavy atom. The van der Waals surface area contributed by atoms with E-state index < -0.39 is 0 Å². The van der Waals surface area contributed by atoms with Crippen molar-refractivity contribution in [1.29, 1.82) is 0 Å². The third-order valence-corrected chi connectivity index (χ3v) is 3.01. The van der Waals surface area contributed by atoms with E-state index in [1.807, 2.05) is 24.3 Å². The summed E-state index contributed by atoms with van der Waals surface area (Å²) < 4.78 is 5.14. The maximum Gasteiger partial charge on any atom is 0.172 e. The molecule has 0 bridgehead atoms. The maximum absolute atomic E-state index is 6.04. The smallest absolute Gasteiger partial charge is 0.172 e. The van der Waals surface area contributed by atoms with Crippen molar-refractivity contribution >= 4 is 22.7 Å². The summed E-state index contributed by atoms with van der Waals surface area (Å²) in [6, 6.07) is 8.03. The molecule has 2 aromatic rings. The van der Waals surface area contributed by atoms with Gasteiger partial charge in [0.25, 0.3) is 0 Å². The van der Waals surface area contributed by atoms with Gasteiger partial charge < -0.3 is 15.4 Å². The Bertz CT molecular complexity index is 556. The van der Waals surface area contributed by atoms with Gasteiger partial charge in [0, 0.05) is 19.7 Å². The van der Waals surface area contributed by atoms with Crippen LogP contribution in [0.15, 0.2) is 24.3 Å². The second-order valence-corrected chi connectivity index (χ2v) is 4.70. The number of hydrogen-bond donors (Lipinski definition) is 1. The summed E-state index contributed by atoms with van der Waals surface area (Å²) in [5.74, 6) is 1.19. The number of rotatable bonds is 5. The van der Waals surface area contributed by atoms with Crippen molar-refractivity contribution in [3.05, 3.63) is 24.3 Å². The summed E-state index contributed by atoms with van der Waals surface area (Å²) in [5.41, 5.74) is 7.72. The van der Waals surface area contributed by atoms with Gasteiger partial charge in [-0.05, 0) is 26.0 Å². The molecule has 19 heavy (non-hydrogen) atoms. The van der Waals surface area contributed by atoms with E-state index in [1.165, 1.54) is 0 Å². The van der Waals surface area contributed by atoms with Crippen LogP contribution >= 0.6 is 0 Å².